The minimum absolute atomic E-state index is 0.00991. The van der Waals surface area contributed by atoms with Gasteiger partial charge in [-0.1, -0.05) is 27.7 Å². The van der Waals surface area contributed by atoms with Crippen molar-refractivity contribution >= 4 is 17.7 Å². The van der Waals surface area contributed by atoms with E-state index in [0.29, 0.717) is 32.4 Å². The number of carbonyl (C=O) groups is 3. The van der Waals surface area contributed by atoms with Crippen LogP contribution in [0.15, 0.2) is 0 Å². The molecule has 2 rings (SSSR count). The molecule has 3 amide bonds. The predicted octanol–water partition coefficient (Wildman–Crippen LogP) is 3.63. The molecule has 0 saturated heterocycles. The average Bonchev–Trinajstić information content (AvgIpc) is 2.91. The third-order valence-corrected chi connectivity index (χ3v) is 8.32. The fraction of sp³-hybridized carbons (Fsp3) is 0.839. The minimum atomic E-state index is -1.26. The van der Waals surface area contributed by atoms with Crippen LogP contribution in [0.4, 0.5) is 8.78 Å². The molecule has 0 aliphatic heterocycles. The summed E-state index contributed by atoms with van der Waals surface area (Å²) in [7, 11) is 1.62. The third-order valence-electron chi connectivity index (χ3n) is 8.32. The van der Waals surface area contributed by atoms with Crippen LogP contribution in [-0.2, 0) is 14.4 Å². The van der Waals surface area contributed by atoms with Crippen LogP contribution < -0.4 is 10.7 Å². The summed E-state index contributed by atoms with van der Waals surface area (Å²) in [5.74, 6) is 0.527. The van der Waals surface area contributed by atoms with Gasteiger partial charge in [0.25, 0.3) is 0 Å². The van der Waals surface area contributed by atoms with Crippen molar-refractivity contribution in [1.29, 1.82) is 0 Å². The summed E-state index contributed by atoms with van der Waals surface area (Å²) in [6.45, 7) is 8.87. The van der Waals surface area contributed by atoms with Crippen LogP contribution in [0.2, 0.25) is 0 Å². The molecule has 7 atom stereocenters. The first-order valence-corrected chi connectivity index (χ1v) is 15.4. The van der Waals surface area contributed by atoms with Gasteiger partial charge in [0.2, 0.25) is 17.7 Å². The number of aliphatic hydroxyl groups is 1. The van der Waals surface area contributed by atoms with Crippen LogP contribution in [0.5, 0.6) is 0 Å². The van der Waals surface area contributed by atoms with Crippen molar-refractivity contribution in [3.63, 3.8) is 0 Å². The molecule has 0 bridgehead atoms. The van der Waals surface area contributed by atoms with E-state index in [1.807, 2.05) is 18.7 Å². The van der Waals surface area contributed by atoms with Gasteiger partial charge in [-0.2, -0.15) is 0 Å². The maximum Gasteiger partial charge on any atom is 0.236 e. The van der Waals surface area contributed by atoms with E-state index >= 15 is 0 Å². The van der Waals surface area contributed by atoms with E-state index in [9.17, 15) is 28.3 Å². The molecule has 0 spiro atoms. The fourth-order valence-electron chi connectivity index (χ4n) is 6.23. The molecule has 2 aliphatic rings. The molecule has 0 radical (unpaired) electrons. The lowest BCUT2D eigenvalue weighted by Crippen LogP contribution is -2.54. The number of terminal acetylenes is 1. The Hall–Kier alpha value is -2.25. The van der Waals surface area contributed by atoms with E-state index in [2.05, 4.69) is 16.7 Å². The largest absolute Gasteiger partial charge is 0.390 e. The van der Waals surface area contributed by atoms with Gasteiger partial charge in [0.05, 0.1) is 12.1 Å². The number of alkyl halides is 2. The first kappa shape index (κ1) is 34.9. The topological polar surface area (TPSA) is 102 Å². The van der Waals surface area contributed by atoms with E-state index in [4.69, 9.17) is 6.42 Å². The number of carbonyl (C=O) groups excluding carboxylic acids is 3. The Morgan fingerprint density at radius 1 is 0.976 bits per heavy atom. The quantitative estimate of drug-likeness (QED) is 0.215. The predicted molar refractivity (Wildman–Crippen MR) is 156 cm³/mol. The van der Waals surface area contributed by atoms with Gasteiger partial charge in [0, 0.05) is 56.8 Å². The first-order valence-electron chi connectivity index (χ1n) is 15.4. The van der Waals surface area contributed by atoms with Gasteiger partial charge in [0.15, 0.2) is 0 Å². The van der Waals surface area contributed by atoms with Crippen LogP contribution in [0, 0.1) is 41.9 Å². The van der Waals surface area contributed by atoms with Crippen molar-refractivity contribution in [2.45, 2.75) is 110 Å². The highest BCUT2D eigenvalue weighted by molar-refractivity contribution is 5.83. The number of rotatable bonds is 14. The van der Waals surface area contributed by atoms with Crippen molar-refractivity contribution in [1.82, 2.24) is 20.7 Å². The molecule has 2 saturated carbocycles. The van der Waals surface area contributed by atoms with Gasteiger partial charge in [-0.3, -0.25) is 19.8 Å². The second-order valence-corrected chi connectivity index (χ2v) is 12.5. The average molecular weight is 583 g/mol. The Morgan fingerprint density at radius 2 is 1.56 bits per heavy atom. The molecule has 2 fully saturated rings. The molecule has 0 aromatic carbocycles. The highest BCUT2D eigenvalue weighted by Gasteiger charge is 2.39. The molecule has 3 N–H and O–H groups in total. The number of halogens is 2. The number of hydrogen-bond donors (Lipinski definition) is 3. The fourth-order valence-corrected chi connectivity index (χ4v) is 6.23. The zero-order valence-corrected chi connectivity index (χ0v) is 25.6. The van der Waals surface area contributed by atoms with Gasteiger partial charge in [-0.25, -0.2) is 13.8 Å². The summed E-state index contributed by atoms with van der Waals surface area (Å²) < 4.78 is 28.4. The van der Waals surface area contributed by atoms with E-state index in [-0.39, 0.29) is 73.6 Å². The van der Waals surface area contributed by atoms with Crippen molar-refractivity contribution in [3.05, 3.63) is 0 Å². The summed E-state index contributed by atoms with van der Waals surface area (Å²) in [6, 6.07) is -0.791. The van der Waals surface area contributed by atoms with Crippen LogP contribution in [0.3, 0.4) is 0 Å². The van der Waals surface area contributed by atoms with E-state index < -0.39 is 30.4 Å². The van der Waals surface area contributed by atoms with Crippen LogP contribution in [-0.4, -0.2) is 83.9 Å². The van der Waals surface area contributed by atoms with Crippen molar-refractivity contribution in [2.75, 3.05) is 26.7 Å². The number of nitrogens with zero attached hydrogens (tertiary/aromatic N) is 2. The van der Waals surface area contributed by atoms with Crippen molar-refractivity contribution in [3.8, 4) is 12.3 Å². The van der Waals surface area contributed by atoms with Gasteiger partial charge in [-0.05, 0) is 57.3 Å². The number of hydrogen-bond acceptors (Lipinski definition) is 5. The molecule has 41 heavy (non-hydrogen) atoms. The Bertz CT molecular complexity index is 882. The second kappa shape index (κ2) is 17.0. The summed E-state index contributed by atoms with van der Waals surface area (Å²) in [6.07, 6.45) is 5.57. The Kier molecular flexibility index (Phi) is 14.5. The third kappa shape index (κ3) is 11.2. The Labute approximate surface area is 245 Å². The van der Waals surface area contributed by atoms with Gasteiger partial charge in [-0.15, -0.1) is 12.3 Å². The van der Waals surface area contributed by atoms with Gasteiger partial charge < -0.3 is 15.3 Å². The summed E-state index contributed by atoms with van der Waals surface area (Å²) in [5, 5.41) is 15.6. The Morgan fingerprint density at radius 3 is 2.10 bits per heavy atom. The van der Waals surface area contributed by atoms with E-state index in [1.54, 1.807) is 20.9 Å². The van der Waals surface area contributed by atoms with Crippen LogP contribution in [0.1, 0.15) is 85.5 Å². The first-order chi connectivity index (χ1) is 19.4. The summed E-state index contributed by atoms with van der Waals surface area (Å²) >= 11 is 0. The van der Waals surface area contributed by atoms with E-state index in [0.717, 1.165) is 12.8 Å². The summed E-state index contributed by atoms with van der Waals surface area (Å²) in [4.78, 5) is 41.0. The molecular formula is C31H52F2N4O4. The highest BCUT2D eigenvalue weighted by atomic mass is 19.1. The number of amides is 3. The van der Waals surface area contributed by atoms with Crippen molar-refractivity contribution < 1.29 is 28.3 Å². The van der Waals surface area contributed by atoms with E-state index in [1.165, 1.54) is 5.01 Å². The molecular weight excluding hydrogens is 530 g/mol. The molecule has 8 nitrogen and oxygen atoms in total. The lowest BCUT2D eigenvalue weighted by molar-refractivity contribution is -0.139. The van der Waals surface area contributed by atoms with Crippen LogP contribution >= 0.6 is 0 Å². The summed E-state index contributed by atoms with van der Waals surface area (Å²) in [5.41, 5.74) is 2.70. The molecule has 0 aromatic heterocycles. The standard InChI is InChI=1S/C31H52F2N4O4/c1-7-10-37(11-8-2)31(41)24-13-21(9-3)12-23(17-24)30(40)34-27(16-22-14-25(32)18-26(33)15-22)28(38)19-36(6)35-29(39)20(4)5/h3,20-28,38H,7-8,10-19H2,1-2,4-6H3,(H,34,40)(H,35,39). The lowest BCUT2D eigenvalue weighted by atomic mass is 9.74. The van der Waals surface area contributed by atoms with Gasteiger partial charge in [0.1, 0.15) is 12.3 Å². The molecule has 10 heteroatoms. The molecule has 2 aliphatic carbocycles. The zero-order chi connectivity index (χ0) is 30.7. The molecule has 234 valence electrons. The number of hydrazine groups is 1. The maximum absolute atomic E-state index is 14.2. The second-order valence-electron chi connectivity index (χ2n) is 12.5. The highest BCUT2D eigenvalue weighted by Crippen LogP contribution is 2.36. The Balaban J connectivity index is 2.19. The maximum atomic E-state index is 14.2. The molecule has 7 unspecified atom stereocenters. The molecule has 0 aromatic rings. The smallest absolute Gasteiger partial charge is 0.236 e. The van der Waals surface area contributed by atoms with Crippen molar-refractivity contribution in [2.24, 2.45) is 29.6 Å². The minimum Gasteiger partial charge on any atom is -0.390 e. The molecule has 0 heterocycles. The van der Waals surface area contributed by atoms with Crippen LogP contribution in [0.25, 0.3) is 0 Å². The monoisotopic (exact) mass is 582 g/mol. The zero-order valence-electron chi connectivity index (χ0n) is 25.6. The number of aliphatic hydroxyl groups excluding tert-OH is 1. The SMILES string of the molecule is C#CC1CC(C(=O)NC(CC2CC(F)CC(F)C2)C(O)CN(C)NC(=O)C(C)C)CC(C(=O)N(CCC)CCC)C1. The number of likely N-dealkylation sites (N-methyl/N-ethyl adjacent to an activating group) is 1. The number of nitrogens with one attached hydrogen (secondary N) is 2. The normalized spacial score (nSPS) is 28.0. The van der Waals surface area contributed by atoms with Gasteiger partial charge >= 0.3 is 0 Å². The lowest BCUT2D eigenvalue weighted by Gasteiger charge is -2.37.